The number of carbonyl (C=O) groups excluding carboxylic acids is 2. The lowest BCUT2D eigenvalue weighted by molar-refractivity contribution is -0.138. The molecule has 0 radical (unpaired) electrons. The predicted octanol–water partition coefficient (Wildman–Crippen LogP) is 4.58. The smallest absolute Gasteiger partial charge is 0.418 e. The Balaban J connectivity index is 2.43. The van der Waals surface area contributed by atoms with Crippen LogP contribution in [0.25, 0.3) is 0 Å². The molecule has 0 bridgehead atoms. The number of halogens is 4. The van der Waals surface area contributed by atoms with Crippen LogP contribution in [0, 0.1) is 13.8 Å². The molecule has 138 valence electrons. The third kappa shape index (κ3) is 4.22. The second kappa shape index (κ2) is 7.45. The molecule has 8 heteroatoms. The fourth-order valence-electron chi connectivity index (χ4n) is 2.63. The van der Waals surface area contributed by atoms with Crippen molar-refractivity contribution in [3.8, 4) is 0 Å². The molecular weight excluding hydrogens is 371 g/mol. The van der Waals surface area contributed by atoms with Gasteiger partial charge in [-0.15, -0.1) is 0 Å². The van der Waals surface area contributed by atoms with Crippen LogP contribution < -0.4 is 0 Å². The zero-order valence-electron chi connectivity index (χ0n) is 14.2. The fourth-order valence-corrected chi connectivity index (χ4v) is 2.78. The Morgan fingerprint density at radius 2 is 1.73 bits per heavy atom. The molecule has 0 atom stereocenters. The number of carbonyl (C=O) groups is 2. The molecule has 1 aromatic heterocycles. The lowest BCUT2D eigenvalue weighted by Gasteiger charge is -2.14. The number of alkyl halides is 3. The van der Waals surface area contributed by atoms with Crippen molar-refractivity contribution in [3.05, 3.63) is 62.9 Å². The summed E-state index contributed by atoms with van der Waals surface area (Å²) in [6.45, 7) is 3.33. The van der Waals surface area contributed by atoms with Gasteiger partial charge >= 0.3 is 12.1 Å². The normalized spacial score (nSPS) is 11.3. The Morgan fingerprint density at radius 3 is 2.23 bits per heavy atom. The molecule has 1 aromatic carbocycles. The largest absolute Gasteiger partial charge is 0.465 e. The van der Waals surface area contributed by atoms with E-state index in [1.54, 1.807) is 13.8 Å². The first-order valence-corrected chi connectivity index (χ1v) is 7.87. The lowest BCUT2D eigenvalue weighted by Crippen LogP contribution is -2.17. The highest BCUT2D eigenvalue weighted by Gasteiger charge is 2.36. The molecule has 1 heterocycles. The molecule has 0 aliphatic rings. The van der Waals surface area contributed by atoms with Gasteiger partial charge in [0.2, 0.25) is 0 Å². The third-order valence-corrected chi connectivity index (χ3v) is 4.10. The van der Waals surface area contributed by atoms with E-state index in [0.29, 0.717) is 22.3 Å². The molecule has 0 N–H and O–H groups in total. The van der Waals surface area contributed by atoms with Crippen LogP contribution >= 0.6 is 11.6 Å². The van der Waals surface area contributed by atoms with Gasteiger partial charge < -0.3 is 4.74 Å². The summed E-state index contributed by atoms with van der Waals surface area (Å²) in [5, 5.41) is -0.198. The lowest BCUT2D eigenvalue weighted by atomic mass is 9.93. The Hall–Kier alpha value is -2.41. The first-order chi connectivity index (χ1) is 12.0. The van der Waals surface area contributed by atoms with Crippen LogP contribution in [0.2, 0.25) is 5.15 Å². The van der Waals surface area contributed by atoms with Crippen molar-refractivity contribution >= 4 is 23.4 Å². The predicted molar refractivity (Wildman–Crippen MR) is 89.5 cm³/mol. The summed E-state index contributed by atoms with van der Waals surface area (Å²) >= 11 is 5.67. The van der Waals surface area contributed by atoms with E-state index in [-0.39, 0.29) is 11.6 Å². The summed E-state index contributed by atoms with van der Waals surface area (Å²) in [6, 6.07) is 4.78. The number of pyridine rings is 1. The van der Waals surface area contributed by atoms with Crippen molar-refractivity contribution in [1.82, 2.24) is 4.98 Å². The third-order valence-electron chi connectivity index (χ3n) is 3.89. The number of aromatic nitrogens is 1. The summed E-state index contributed by atoms with van der Waals surface area (Å²) in [7, 11) is 1.24. The molecule has 0 saturated carbocycles. The molecule has 2 rings (SSSR count). The highest BCUT2D eigenvalue weighted by molar-refractivity contribution is 6.29. The van der Waals surface area contributed by atoms with Crippen molar-refractivity contribution in [1.29, 1.82) is 0 Å². The molecule has 2 aromatic rings. The summed E-state index contributed by atoms with van der Waals surface area (Å²) < 4.78 is 44.0. The van der Waals surface area contributed by atoms with Crippen molar-refractivity contribution in [2.75, 3.05) is 7.11 Å². The Labute approximate surface area is 152 Å². The van der Waals surface area contributed by atoms with E-state index >= 15 is 0 Å². The molecule has 0 amide bonds. The van der Waals surface area contributed by atoms with Gasteiger partial charge in [0.05, 0.1) is 18.2 Å². The molecule has 0 spiro atoms. The van der Waals surface area contributed by atoms with Crippen LogP contribution in [-0.2, 0) is 17.3 Å². The summed E-state index contributed by atoms with van der Waals surface area (Å²) in [5.74, 6) is -1.35. The minimum absolute atomic E-state index is 0.198. The second-order valence-electron chi connectivity index (χ2n) is 5.71. The van der Waals surface area contributed by atoms with Gasteiger partial charge in [0.15, 0.2) is 5.78 Å². The van der Waals surface area contributed by atoms with Crippen LogP contribution in [0.4, 0.5) is 13.2 Å². The molecule has 0 unspecified atom stereocenters. The molecule has 26 heavy (non-hydrogen) atoms. The number of benzene rings is 1. The van der Waals surface area contributed by atoms with Gasteiger partial charge in [0.1, 0.15) is 10.8 Å². The van der Waals surface area contributed by atoms with E-state index in [0.717, 1.165) is 12.1 Å². The fraction of sp³-hybridized carbons (Fsp3) is 0.278. The van der Waals surface area contributed by atoms with Crippen molar-refractivity contribution in [2.24, 2.45) is 0 Å². The molecular formula is C18H15ClF3NO3. The zero-order valence-corrected chi connectivity index (χ0v) is 15.0. The zero-order chi connectivity index (χ0) is 19.6. The van der Waals surface area contributed by atoms with E-state index < -0.39 is 29.2 Å². The number of Topliss-reactive ketones (excluding diaryl/α,β-unsaturated/α-hetero) is 1. The van der Waals surface area contributed by atoms with Gasteiger partial charge in [-0.3, -0.25) is 4.79 Å². The van der Waals surface area contributed by atoms with E-state index in [1.165, 1.54) is 19.2 Å². The highest BCUT2D eigenvalue weighted by atomic mass is 35.5. The van der Waals surface area contributed by atoms with E-state index in [4.69, 9.17) is 11.6 Å². The maximum atomic E-state index is 13.1. The topological polar surface area (TPSA) is 56.3 Å². The van der Waals surface area contributed by atoms with Crippen molar-refractivity contribution in [2.45, 2.75) is 26.4 Å². The molecule has 0 fully saturated rings. The Kier molecular flexibility index (Phi) is 5.71. The standard InChI is InChI=1S/C18H15ClF3NO3/c1-9-6-11(17(25)26-3)7-10(2)12(9)8-14(24)16-13(18(20,21)22)4-5-15(19)23-16/h4-7H,8H2,1-3H3. The summed E-state index contributed by atoms with van der Waals surface area (Å²) in [4.78, 5) is 27.7. The number of ether oxygens (including phenoxy) is 1. The van der Waals surface area contributed by atoms with E-state index in [2.05, 4.69) is 9.72 Å². The van der Waals surface area contributed by atoms with Crippen LogP contribution in [-0.4, -0.2) is 23.8 Å². The number of aryl methyl sites for hydroxylation is 2. The maximum absolute atomic E-state index is 13.1. The van der Waals surface area contributed by atoms with Crippen molar-refractivity contribution in [3.63, 3.8) is 0 Å². The van der Waals surface area contributed by atoms with Gasteiger partial charge in [-0.2, -0.15) is 13.2 Å². The monoisotopic (exact) mass is 385 g/mol. The number of hydrogen-bond acceptors (Lipinski definition) is 4. The summed E-state index contributed by atoms with van der Waals surface area (Å²) in [6.07, 6.45) is -5.02. The van der Waals surface area contributed by atoms with Gasteiger partial charge in [-0.05, 0) is 54.8 Å². The van der Waals surface area contributed by atoms with Gasteiger partial charge in [0, 0.05) is 6.42 Å². The first kappa shape index (κ1) is 19.9. The van der Waals surface area contributed by atoms with Crippen LogP contribution in [0.1, 0.15) is 43.1 Å². The first-order valence-electron chi connectivity index (χ1n) is 7.50. The number of hydrogen-bond donors (Lipinski definition) is 0. The average molecular weight is 386 g/mol. The highest BCUT2D eigenvalue weighted by Crippen LogP contribution is 2.33. The number of ketones is 1. The number of rotatable bonds is 4. The van der Waals surface area contributed by atoms with Crippen LogP contribution in [0.3, 0.4) is 0 Å². The minimum atomic E-state index is -4.72. The van der Waals surface area contributed by atoms with E-state index in [1.807, 2.05) is 0 Å². The number of nitrogens with zero attached hydrogens (tertiary/aromatic N) is 1. The van der Waals surface area contributed by atoms with E-state index in [9.17, 15) is 22.8 Å². The summed E-state index contributed by atoms with van der Waals surface area (Å²) in [5.41, 5.74) is 0.158. The number of esters is 1. The Bertz CT molecular complexity index is 855. The molecule has 0 saturated heterocycles. The quantitative estimate of drug-likeness (QED) is 0.439. The van der Waals surface area contributed by atoms with Crippen molar-refractivity contribution < 1.29 is 27.5 Å². The van der Waals surface area contributed by atoms with Gasteiger partial charge in [0.25, 0.3) is 0 Å². The SMILES string of the molecule is COC(=O)c1cc(C)c(CC(=O)c2nc(Cl)ccc2C(F)(F)F)c(C)c1. The minimum Gasteiger partial charge on any atom is -0.465 e. The van der Waals surface area contributed by atoms with Gasteiger partial charge in [-0.1, -0.05) is 11.6 Å². The molecule has 0 aliphatic carbocycles. The average Bonchev–Trinajstić information content (AvgIpc) is 2.55. The van der Waals surface area contributed by atoms with Gasteiger partial charge in [-0.25, -0.2) is 9.78 Å². The van der Waals surface area contributed by atoms with Crippen LogP contribution in [0.5, 0.6) is 0 Å². The maximum Gasteiger partial charge on any atom is 0.418 e. The Morgan fingerprint density at radius 1 is 1.15 bits per heavy atom. The van der Waals surface area contributed by atoms with Crippen LogP contribution in [0.15, 0.2) is 24.3 Å². The number of methoxy groups -OCH3 is 1. The molecule has 4 nitrogen and oxygen atoms in total. The second-order valence-corrected chi connectivity index (χ2v) is 6.10. The molecule has 0 aliphatic heterocycles.